The third-order valence-electron chi connectivity index (χ3n) is 4.38. The first kappa shape index (κ1) is 19.5. The second kappa shape index (κ2) is 9.11. The van der Waals surface area contributed by atoms with Crippen molar-refractivity contribution in [2.45, 2.75) is 23.8 Å². The van der Waals surface area contributed by atoms with Crippen molar-refractivity contribution in [3.05, 3.63) is 72.2 Å². The maximum absolute atomic E-state index is 12.3. The summed E-state index contributed by atoms with van der Waals surface area (Å²) in [7, 11) is 0. The molecule has 2 aromatic carbocycles. The van der Waals surface area contributed by atoms with Gasteiger partial charge >= 0.3 is 0 Å². The molecule has 4 aromatic rings. The molecule has 6 nitrogen and oxygen atoms in total. The summed E-state index contributed by atoms with van der Waals surface area (Å²) in [5, 5.41) is 17.5. The van der Waals surface area contributed by atoms with Gasteiger partial charge in [0.05, 0.1) is 24.6 Å². The molecule has 0 radical (unpaired) electrons. The highest BCUT2D eigenvalue weighted by atomic mass is 32.2. The smallest absolute Gasteiger partial charge is 0.230 e. The first-order valence-electron chi connectivity index (χ1n) is 9.18. The fourth-order valence-corrected chi connectivity index (χ4v) is 4.45. The van der Waals surface area contributed by atoms with Crippen LogP contribution in [-0.2, 0) is 11.3 Å². The van der Waals surface area contributed by atoms with Crippen LogP contribution in [0.5, 0.6) is 0 Å². The number of hydrogen-bond acceptors (Lipinski definition) is 7. The third kappa shape index (κ3) is 5.16. The standard InChI is InChI=1S/C21H20N4O2S2/c1-14(16-9-8-15-5-2-3-6-17(15)11-16)23-19(26)13-28-21-25-24-20(29-21)22-12-18-7-4-10-27-18/h2-11,14H,12-13H2,1H3,(H,22,24)(H,23,26). The zero-order valence-electron chi connectivity index (χ0n) is 15.8. The van der Waals surface area contributed by atoms with Gasteiger partial charge in [0, 0.05) is 0 Å². The summed E-state index contributed by atoms with van der Waals surface area (Å²) in [6, 6.07) is 18.1. The SMILES string of the molecule is CC(NC(=O)CSc1nnc(NCc2ccco2)s1)c1ccc2ccccc2c1. The number of benzene rings is 2. The molecule has 0 spiro atoms. The van der Waals surface area contributed by atoms with Gasteiger partial charge in [0.25, 0.3) is 0 Å². The minimum Gasteiger partial charge on any atom is -0.467 e. The van der Waals surface area contributed by atoms with Crippen LogP contribution in [-0.4, -0.2) is 21.9 Å². The lowest BCUT2D eigenvalue weighted by Gasteiger charge is -2.14. The topological polar surface area (TPSA) is 80.0 Å². The summed E-state index contributed by atoms with van der Waals surface area (Å²) in [4.78, 5) is 12.3. The van der Waals surface area contributed by atoms with E-state index in [1.807, 2.05) is 31.2 Å². The first-order valence-corrected chi connectivity index (χ1v) is 11.0. The predicted octanol–water partition coefficient (Wildman–Crippen LogP) is 4.87. The molecule has 29 heavy (non-hydrogen) atoms. The molecule has 2 heterocycles. The van der Waals surface area contributed by atoms with E-state index in [1.54, 1.807) is 6.26 Å². The van der Waals surface area contributed by atoms with Crippen LogP contribution in [0.25, 0.3) is 10.8 Å². The number of carbonyl (C=O) groups excluding carboxylic acids is 1. The molecule has 0 saturated heterocycles. The lowest BCUT2D eigenvalue weighted by Crippen LogP contribution is -2.28. The van der Waals surface area contributed by atoms with Gasteiger partial charge in [-0.05, 0) is 41.5 Å². The maximum Gasteiger partial charge on any atom is 0.230 e. The molecule has 1 amide bonds. The summed E-state index contributed by atoms with van der Waals surface area (Å²) >= 11 is 2.80. The summed E-state index contributed by atoms with van der Waals surface area (Å²) in [6.07, 6.45) is 1.63. The van der Waals surface area contributed by atoms with Crippen molar-refractivity contribution in [1.82, 2.24) is 15.5 Å². The number of anilines is 1. The molecule has 0 aliphatic rings. The van der Waals surface area contributed by atoms with Crippen LogP contribution in [0.1, 0.15) is 24.3 Å². The zero-order valence-corrected chi connectivity index (χ0v) is 17.4. The van der Waals surface area contributed by atoms with Gasteiger partial charge in [0.2, 0.25) is 11.0 Å². The van der Waals surface area contributed by atoms with E-state index >= 15 is 0 Å². The number of nitrogens with one attached hydrogen (secondary N) is 2. The van der Waals surface area contributed by atoms with E-state index in [0.717, 1.165) is 15.7 Å². The summed E-state index contributed by atoms with van der Waals surface area (Å²) in [6.45, 7) is 2.55. The molecule has 2 N–H and O–H groups in total. The molecule has 1 unspecified atom stereocenters. The highest BCUT2D eigenvalue weighted by molar-refractivity contribution is 8.01. The number of hydrogen-bond donors (Lipinski definition) is 2. The minimum atomic E-state index is -0.0624. The molecule has 0 saturated carbocycles. The Hall–Kier alpha value is -2.84. The second-order valence-electron chi connectivity index (χ2n) is 6.49. The number of nitrogens with zero attached hydrogens (tertiary/aromatic N) is 2. The Bertz CT molecular complexity index is 1090. The Morgan fingerprint density at radius 1 is 1.14 bits per heavy atom. The van der Waals surface area contributed by atoms with Crippen LogP contribution in [0.2, 0.25) is 0 Å². The molecule has 0 aliphatic heterocycles. The van der Waals surface area contributed by atoms with Gasteiger partial charge in [-0.2, -0.15) is 0 Å². The predicted molar refractivity (Wildman–Crippen MR) is 117 cm³/mol. The van der Waals surface area contributed by atoms with Gasteiger partial charge in [-0.15, -0.1) is 10.2 Å². The van der Waals surface area contributed by atoms with Crippen molar-refractivity contribution in [1.29, 1.82) is 0 Å². The van der Waals surface area contributed by atoms with E-state index in [-0.39, 0.29) is 11.9 Å². The van der Waals surface area contributed by atoms with E-state index < -0.39 is 0 Å². The molecule has 2 aromatic heterocycles. The number of thioether (sulfide) groups is 1. The monoisotopic (exact) mass is 424 g/mol. The zero-order chi connectivity index (χ0) is 20.1. The minimum absolute atomic E-state index is 0.0315. The highest BCUT2D eigenvalue weighted by Gasteiger charge is 2.12. The number of rotatable bonds is 8. The molecule has 148 valence electrons. The molecule has 0 aliphatic carbocycles. The number of fused-ring (bicyclic) bond motifs is 1. The fraction of sp³-hybridized carbons (Fsp3) is 0.190. The summed E-state index contributed by atoms with van der Waals surface area (Å²) in [5.74, 6) is 1.09. The van der Waals surface area contributed by atoms with E-state index in [1.165, 1.54) is 33.9 Å². The third-order valence-corrected chi connectivity index (χ3v) is 6.39. The van der Waals surface area contributed by atoms with Crippen molar-refractivity contribution in [3.63, 3.8) is 0 Å². The van der Waals surface area contributed by atoms with E-state index in [9.17, 15) is 4.79 Å². The van der Waals surface area contributed by atoms with E-state index in [4.69, 9.17) is 4.42 Å². The number of carbonyl (C=O) groups is 1. The first-order chi connectivity index (χ1) is 14.2. The van der Waals surface area contributed by atoms with Crippen LogP contribution in [0, 0.1) is 0 Å². The number of amides is 1. The van der Waals surface area contributed by atoms with Crippen molar-refractivity contribution in [2.75, 3.05) is 11.1 Å². The highest BCUT2D eigenvalue weighted by Crippen LogP contribution is 2.26. The Morgan fingerprint density at radius 2 is 2.00 bits per heavy atom. The van der Waals surface area contributed by atoms with Gasteiger partial charge < -0.3 is 15.1 Å². The van der Waals surface area contributed by atoms with Gasteiger partial charge in [-0.25, -0.2) is 0 Å². The van der Waals surface area contributed by atoms with Crippen LogP contribution in [0.15, 0.2) is 69.6 Å². The van der Waals surface area contributed by atoms with Crippen LogP contribution >= 0.6 is 23.1 Å². The quantitative estimate of drug-likeness (QED) is 0.393. The number of aromatic nitrogens is 2. The van der Waals surface area contributed by atoms with E-state index in [2.05, 4.69) is 51.2 Å². The molecule has 1 atom stereocenters. The van der Waals surface area contributed by atoms with Gasteiger partial charge in [0.15, 0.2) is 4.34 Å². The summed E-state index contributed by atoms with van der Waals surface area (Å²) in [5.41, 5.74) is 1.09. The van der Waals surface area contributed by atoms with Crippen molar-refractivity contribution in [3.8, 4) is 0 Å². The van der Waals surface area contributed by atoms with Crippen molar-refractivity contribution < 1.29 is 9.21 Å². The second-order valence-corrected chi connectivity index (χ2v) is 8.69. The normalized spacial score (nSPS) is 12.0. The molecule has 8 heteroatoms. The summed E-state index contributed by atoms with van der Waals surface area (Å²) < 4.78 is 6.02. The average molecular weight is 425 g/mol. The van der Waals surface area contributed by atoms with Crippen LogP contribution < -0.4 is 10.6 Å². The Labute approximate surface area is 176 Å². The van der Waals surface area contributed by atoms with Gasteiger partial charge in [-0.3, -0.25) is 4.79 Å². The number of furan rings is 1. The van der Waals surface area contributed by atoms with Crippen LogP contribution in [0.3, 0.4) is 0 Å². The lowest BCUT2D eigenvalue weighted by molar-refractivity contribution is -0.119. The average Bonchev–Trinajstić information content (AvgIpc) is 3.42. The molecular formula is C21H20N4O2S2. The fourth-order valence-electron chi connectivity index (χ4n) is 2.89. The largest absolute Gasteiger partial charge is 0.467 e. The van der Waals surface area contributed by atoms with E-state index in [0.29, 0.717) is 17.4 Å². The molecular weight excluding hydrogens is 404 g/mol. The Kier molecular flexibility index (Phi) is 6.12. The van der Waals surface area contributed by atoms with Crippen LogP contribution in [0.4, 0.5) is 5.13 Å². The molecule has 4 rings (SSSR count). The Morgan fingerprint density at radius 3 is 2.83 bits per heavy atom. The maximum atomic E-state index is 12.3. The van der Waals surface area contributed by atoms with Gasteiger partial charge in [0.1, 0.15) is 5.76 Å². The van der Waals surface area contributed by atoms with Crippen molar-refractivity contribution in [2.24, 2.45) is 0 Å². The Balaban J connectivity index is 1.27. The molecule has 0 fully saturated rings. The van der Waals surface area contributed by atoms with Crippen molar-refractivity contribution >= 4 is 44.9 Å². The molecule has 0 bridgehead atoms. The van der Waals surface area contributed by atoms with Gasteiger partial charge in [-0.1, -0.05) is 59.5 Å². The lowest BCUT2D eigenvalue weighted by atomic mass is 10.0.